The number of hydrogen-bond acceptors (Lipinski definition) is 5. The van der Waals surface area contributed by atoms with Crippen molar-refractivity contribution in [3.05, 3.63) is 58.2 Å². The van der Waals surface area contributed by atoms with Crippen LogP contribution in [0.25, 0.3) is 0 Å². The zero-order valence-corrected chi connectivity index (χ0v) is 13.5. The second kappa shape index (κ2) is 7.39. The van der Waals surface area contributed by atoms with Gasteiger partial charge >= 0.3 is 5.69 Å². The molecule has 0 atom stereocenters. The van der Waals surface area contributed by atoms with Gasteiger partial charge in [0.1, 0.15) is 24.8 Å². The van der Waals surface area contributed by atoms with Crippen molar-refractivity contribution in [2.75, 3.05) is 26.2 Å². The fourth-order valence-corrected chi connectivity index (χ4v) is 2.82. The molecule has 3 rings (SSSR count). The molecule has 1 aromatic carbocycles. The first-order valence-electron chi connectivity index (χ1n) is 7.93. The Hall–Kier alpha value is -2.81. The lowest BCUT2D eigenvalue weighted by Gasteiger charge is -2.34. The monoisotopic (exact) mass is 347 g/mol. The van der Waals surface area contributed by atoms with Gasteiger partial charge in [-0.3, -0.25) is 24.5 Å². The lowest BCUT2D eigenvalue weighted by molar-refractivity contribution is -0.385. The molecule has 0 spiro atoms. The SMILES string of the molecule is O=C(Cn1cc([N+](=O)[O-])cn1)N1CCN(Cc2cccc(F)c2)CC1. The third-order valence-corrected chi connectivity index (χ3v) is 4.15. The number of halogens is 1. The molecule has 0 bridgehead atoms. The van der Waals surface area contributed by atoms with Gasteiger partial charge in [-0.2, -0.15) is 5.10 Å². The van der Waals surface area contributed by atoms with Crippen molar-refractivity contribution in [3.8, 4) is 0 Å². The van der Waals surface area contributed by atoms with E-state index in [-0.39, 0.29) is 24.0 Å². The lowest BCUT2D eigenvalue weighted by atomic mass is 10.2. The minimum atomic E-state index is -0.542. The van der Waals surface area contributed by atoms with Gasteiger partial charge < -0.3 is 4.90 Å². The molecule has 2 heterocycles. The number of aromatic nitrogens is 2. The lowest BCUT2D eigenvalue weighted by Crippen LogP contribution is -2.49. The predicted molar refractivity (Wildman–Crippen MR) is 87.1 cm³/mol. The normalized spacial score (nSPS) is 15.3. The summed E-state index contributed by atoms with van der Waals surface area (Å²) >= 11 is 0. The number of benzene rings is 1. The highest BCUT2D eigenvalue weighted by molar-refractivity contribution is 5.76. The largest absolute Gasteiger partial charge is 0.339 e. The molecular formula is C16H18FN5O3. The Morgan fingerprint density at radius 2 is 2.04 bits per heavy atom. The van der Waals surface area contributed by atoms with Crippen LogP contribution in [0.2, 0.25) is 0 Å². The number of piperazine rings is 1. The second-order valence-electron chi connectivity index (χ2n) is 5.94. The molecule has 0 unspecified atom stereocenters. The average molecular weight is 347 g/mol. The molecule has 1 aliphatic heterocycles. The van der Waals surface area contributed by atoms with E-state index in [0.717, 1.165) is 11.8 Å². The van der Waals surface area contributed by atoms with E-state index in [2.05, 4.69) is 10.00 Å². The van der Waals surface area contributed by atoms with Crippen molar-refractivity contribution in [3.63, 3.8) is 0 Å². The van der Waals surface area contributed by atoms with Gasteiger partial charge in [-0.1, -0.05) is 12.1 Å². The number of hydrogen-bond donors (Lipinski definition) is 0. The first-order chi connectivity index (χ1) is 12.0. The molecule has 0 radical (unpaired) electrons. The van der Waals surface area contributed by atoms with E-state index < -0.39 is 4.92 Å². The van der Waals surface area contributed by atoms with E-state index in [9.17, 15) is 19.3 Å². The number of carbonyl (C=O) groups is 1. The summed E-state index contributed by atoms with van der Waals surface area (Å²) in [5.74, 6) is -0.372. The number of nitrogens with zero attached hydrogens (tertiary/aromatic N) is 5. The van der Waals surface area contributed by atoms with Crippen LogP contribution in [0.5, 0.6) is 0 Å². The highest BCUT2D eigenvalue weighted by atomic mass is 19.1. The minimum absolute atomic E-state index is 0.0161. The minimum Gasteiger partial charge on any atom is -0.339 e. The molecular weight excluding hydrogens is 329 g/mol. The fourth-order valence-electron chi connectivity index (χ4n) is 2.82. The van der Waals surface area contributed by atoms with Gasteiger partial charge in [-0.05, 0) is 17.7 Å². The van der Waals surface area contributed by atoms with Crippen LogP contribution in [0.15, 0.2) is 36.7 Å². The van der Waals surface area contributed by atoms with Crippen molar-refractivity contribution < 1.29 is 14.1 Å². The van der Waals surface area contributed by atoms with Crippen molar-refractivity contribution in [1.29, 1.82) is 0 Å². The zero-order valence-electron chi connectivity index (χ0n) is 13.5. The predicted octanol–water partition coefficient (Wildman–Crippen LogP) is 1.27. The molecule has 8 nitrogen and oxygen atoms in total. The summed E-state index contributed by atoms with van der Waals surface area (Å²) in [5.41, 5.74) is 0.774. The van der Waals surface area contributed by atoms with Crippen LogP contribution in [0.3, 0.4) is 0 Å². The first kappa shape index (κ1) is 17.0. The Bertz CT molecular complexity index is 771. The number of amides is 1. The van der Waals surface area contributed by atoms with Gasteiger partial charge in [-0.15, -0.1) is 0 Å². The van der Waals surface area contributed by atoms with Gasteiger partial charge in [-0.25, -0.2) is 4.39 Å². The first-order valence-corrected chi connectivity index (χ1v) is 7.93. The molecule has 1 saturated heterocycles. The number of rotatable bonds is 5. The standard InChI is InChI=1S/C16H18FN5O3/c17-14-3-1-2-13(8-14)10-19-4-6-20(7-5-19)16(23)12-21-11-15(9-18-21)22(24)25/h1-3,8-9,11H,4-7,10,12H2. The summed E-state index contributed by atoms with van der Waals surface area (Å²) in [5, 5.41) is 14.5. The topological polar surface area (TPSA) is 84.5 Å². The number of nitro groups is 1. The third-order valence-electron chi connectivity index (χ3n) is 4.15. The van der Waals surface area contributed by atoms with Crippen molar-refractivity contribution in [1.82, 2.24) is 19.6 Å². The summed E-state index contributed by atoms with van der Waals surface area (Å²) in [7, 11) is 0. The molecule has 9 heteroatoms. The van der Waals surface area contributed by atoms with Crippen LogP contribution in [0, 0.1) is 15.9 Å². The Balaban J connectivity index is 1.49. The van der Waals surface area contributed by atoms with Gasteiger partial charge in [0.2, 0.25) is 5.91 Å². The van der Waals surface area contributed by atoms with Crippen LogP contribution in [-0.4, -0.2) is 56.6 Å². The van der Waals surface area contributed by atoms with Crippen LogP contribution < -0.4 is 0 Å². The molecule has 132 valence electrons. The molecule has 1 amide bonds. The van der Waals surface area contributed by atoms with Crippen molar-refractivity contribution >= 4 is 11.6 Å². The van der Waals surface area contributed by atoms with Gasteiger partial charge in [0.25, 0.3) is 0 Å². The maximum absolute atomic E-state index is 13.2. The van der Waals surface area contributed by atoms with Crippen molar-refractivity contribution in [2.24, 2.45) is 0 Å². The number of carbonyl (C=O) groups excluding carboxylic acids is 1. The average Bonchev–Trinajstić information content (AvgIpc) is 3.04. The highest BCUT2D eigenvalue weighted by Crippen LogP contribution is 2.11. The summed E-state index contributed by atoms with van der Waals surface area (Å²) in [6.45, 7) is 3.15. The molecule has 1 aromatic heterocycles. The van der Waals surface area contributed by atoms with Crippen LogP contribution in [0.1, 0.15) is 5.56 Å². The maximum Gasteiger partial charge on any atom is 0.307 e. The molecule has 2 aromatic rings. The molecule has 0 saturated carbocycles. The van der Waals surface area contributed by atoms with Crippen LogP contribution >= 0.6 is 0 Å². The van der Waals surface area contributed by atoms with E-state index in [0.29, 0.717) is 32.7 Å². The summed E-state index contributed by atoms with van der Waals surface area (Å²) in [6.07, 6.45) is 2.38. The highest BCUT2D eigenvalue weighted by Gasteiger charge is 2.22. The van der Waals surface area contributed by atoms with E-state index in [1.807, 2.05) is 6.07 Å². The molecule has 0 aliphatic carbocycles. The van der Waals surface area contributed by atoms with Gasteiger partial charge in [0.15, 0.2) is 0 Å². The molecule has 25 heavy (non-hydrogen) atoms. The van der Waals surface area contributed by atoms with Crippen LogP contribution in [-0.2, 0) is 17.9 Å². The van der Waals surface area contributed by atoms with Gasteiger partial charge in [0, 0.05) is 32.7 Å². The van der Waals surface area contributed by atoms with E-state index in [1.54, 1.807) is 11.0 Å². The van der Waals surface area contributed by atoms with E-state index in [4.69, 9.17) is 0 Å². The van der Waals surface area contributed by atoms with Crippen molar-refractivity contribution in [2.45, 2.75) is 13.1 Å². The zero-order chi connectivity index (χ0) is 17.8. The second-order valence-corrected chi connectivity index (χ2v) is 5.94. The smallest absolute Gasteiger partial charge is 0.307 e. The molecule has 1 aliphatic rings. The van der Waals surface area contributed by atoms with Gasteiger partial charge in [0.05, 0.1) is 4.92 Å². The maximum atomic E-state index is 13.2. The summed E-state index contributed by atoms with van der Waals surface area (Å²) in [6, 6.07) is 6.50. The van der Waals surface area contributed by atoms with E-state index in [1.165, 1.54) is 23.0 Å². The summed E-state index contributed by atoms with van der Waals surface area (Å²) in [4.78, 5) is 26.3. The quantitative estimate of drug-likeness (QED) is 0.601. The Kier molecular flexibility index (Phi) is 5.03. The Labute approximate surface area is 143 Å². The van der Waals surface area contributed by atoms with E-state index >= 15 is 0 Å². The Morgan fingerprint density at radius 3 is 2.68 bits per heavy atom. The third kappa shape index (κ3) is 4.38. The molecule has 0 N–H and O–H groups in total. The summed E-state index contributed by atoms with van der Waals surface area (Å²) < 4.78 is 14.5. The molecule has 1 fully saturated rings. The van der Waals surface area contributed by atoms with Crippen LogP contribution in [0.4, 0.5) is 10.1 Å². The fraction of sp³-hybridized carbons (Fsp3) is 0.375. The Morgan fingerprint density at radius 1 is 1.28 bits per heavy atom.